The number of esters is 2. The van der Waals surface area contributed by atoms with Crippen molar-refractivity contribution in [2.75, 3.05) is 47.5 Å². The molecule has 336 valence electrons. The highest BCUT2D eigenvalue weighted by Gasteiger charge is 2.21. The molecule has 0 heterocycles. The third kappa shape index (κ3) is 43.3. The zero-order chi connectivity index (χ0) is 42.8. The maximum Gasteiger partial charge on any atom is 0.306 e. The second kappa shape index (κ2) is 40.1. The van der Waals surface area contributed by atoms with Crippen molar-refractivity contribution in [3.05, 3.63) is 60.8 Å². The van der Waals surface area contributed by atoms with E-state index in [0.717, 1.165) is 64.2 Å². The molecule has 0 aliphatic carbocycles. The molecule has 0 N–H and O–H groups in total. The number of allylic oxidation sites excluding steroid dienone is 10. The number of nitrogens with zero attached hydrogens (tertiary/aromatic N) is 1. The fraction of sp³-hybridized carbons (Fsp3) is 0.750. The van der Waals surface area contributed by atoms with Gasteiger partial charge in [0.2, 0.25) is 0 Å². The smallest absolute Gasteiger partial charge is 0.306 e. The topological polar surface area (TPSA) is 111 Å². The normalized spacial score (nSPS) is 14.1. The molecule has 0 radical (unpaired) electrons. The van der Waals surface area contributed by atoms with Gasteiger partial charge in [-0.2, -0.15) is 0 Å². The van der Waals surface area contributed by atoms with Crippen LogP contribution < -0.4 is 4.89 Å². The Morgan fingerprint density at radius 3 is 1.48 bits per heavy atom. The van der Waals surface area contributed by atoms with Gasteiger partial charge in [-0.1, -0.05) is 152 Å². The lowest BCUT2D eigenvalue weighted by atomic mass is 10.1. The van der Waals surface area contributed by atoms with E-state index >= 15 is 0 Å². The van der Waals surface area contributed by atoms with Crippen molar-refractivity contribution in [2.24, 2.45) is 0 Å². The van der Waals surface area contributed by atoms with Gasteiger partial charge in [0.1, 0.15) is 19.8 Å². The number of phosphoric ester groups is 1. The molecule has 0 aromatic heterocycles. The standard InChI is InChI=1S/C48H86NO8P/c1-6-8-10-12-14-16-18-20-22-24-26-28-30-32-34-36-38-40-47(50)54-44-46(45-56-58(52,53)55-43-42-49(3,4)5)57-48(51)41-39-37-35-33-31-29-27-25-23-21-19-17-15-13-11-9-7-2/h10,12,16-19,22,24,28,30,46H,6-9,11,13-15,20-21,23,25-27,29,31-45H2,1-5H3/b12-10+,18-16+,19-17+,24-22+,30-28+/t46-/m1/s1. The van der Waals surface area contributed by atoms with Crippen LogP contribution in [0.4, 0.5) is 0 Å². The number of phosphoric acid groups is 1. The number of unbranched alkanes of at least 4 members (excludes halogenated alkanes) is 17. The van der Waals surface area contributed by atoms with Crippen molar-refractivity contribution in [1.29, 1.82) is 0 Å². The summed E-state index contributed by atoms with van der Waals surface area (Å²) in [6.07, 6.45) is 48.1. The minimum Gasteiger partial charge on any atom is -0.756 e. The van der Waals surface area contributed by atoms with Crippen LogP contribution in [0.25, 0.3) is 0 Å². The molecule has 10 heteroatoms. The zero-order valence-electron chi connectivity index (χ0n) is 37.7. The van der Waals surface area contributed by atoms with Crippen LogP contribution in [0.2, 0.25) is 0 Å². The molecule has 1 unspecified atom stereocenters. The Morgan fingerprint density at radius 1 is 0.534 bits per heavy atom. The Morgan fingerprint density at radius 2 is 0.966 bits per heavy atom. The van der Waals surface area contributed by atoms with Crippen molar-refractivity contribution >= 4 is 19.8 Å². The molecule has 0 bridgehead atoms. The molecular weight excluding hydrogens is 750 g/mol. The molecule has 0 rings (SSSR count). The average molecular weight is 836 g/mol. The molecule has 0 aromatic carbocycles. The van der Waals surface area contributed by atoms with Gasteiger partial charge in [-0.05, 0) is 77.0 Å². The summed E-state index contributed by atoms with van der Waals surface area (Å²) in [5.74, 6) is -0.875. The van der Waals surface area contributed by atoms with Crippen LogP contribution in [-0.4, -0.2) is 70.0 Å². The van der Waals surface area contributed by atoms with Gasteiger partial charge in [0.25, 0.3) is 7.82 Å². The summed E-state index contributed by atoms with van der Waals surface area (Å²) >= 11 is 0. The fourth-order valence-corrected chi connectivity index (χ4v) is 6.60. The van der Waals surface area contributed by atoms with E-state index in [2.05, 4.69) is 74.6 Å². The van der Waals surface area contributed by atoms with Crippen molar-refractivity contribution in [1.82, 2.24) is 0 Å². The van der Waals surface area contributed by atoms with Gasteiger partial charge in [0.05, 0.1) is 27.7 Å². The number of ether oxygens (including phenoxy) is 2. The summed E-state index contributed by atoms with van der Waals surface area (Å²) < 4.78 is 33.9. The summed E-state index contributed by atoms with van der Waals surface area (Å²) in [7, 11) is 1.14. The molecule has 0 fully saturated rings. The molecule has 0 saturated carbocycles. The van der Waals surface area contributed by atoms with Crippen LogP contribution in [0.1, 0.15) is 181 Å². The predicted molar refractivity (Wildman–Crippen MR) is 240 cm³/mol. The number of hydrogen-bond donors (Lipinski definition) is 0. The summed E-state index contributed by atoms with van der Waals surface area (Å²) in [4.78, 5) is 37.6. The maximum atomic E-state index is 12.7. The lowest BCUT2D eigenvalue weighted by Crippen LogP contribution is -2.37. The highest BCUT2D eigenvalue weighted by atomic mass is 31.2. The SMILES string of the molecule is CCC/C=C/C/C=C/C/C=C/C/C=C/CCCCCC(=O)OC[C@H](COP(=O)([O-])OCC[N+](C)(C)C)OC(=O)CCCCCCCCCCC/C=C/CCCCCC. The van der Waals surface area contributed by atoms with Crippen molar-refractivity contribution in [3.63, 3.8) is 0 Å². The largest absolute Gasteiger partial charge is 0.756 e. The van der Waals surface area contributed by atoms with Crippen LogP contribution in [0.5, 0.6) is 0 Å². The maximum absolute atomic E-state index is 12.7. The third-order valence-electron chi connectivity index (χ3n) is 9.49. The number of hydrogen-bond acceptors (Lipinski definition) is 8. The molecule has 0 amide bonds. The van der Waals surface area contributed by atoms with E-state index in [4.69, 9.17) is 18.5 Å². The minimum absolute atomic E-state index is 0.0387. The van der Waals surface area contributed by atoms with Crippen molar-refractivity contribution < 1.29 is 42.1 Å². The Labute approximate surface area is 356 Å². The molecule has 0 spiro atoms. The lowest BCUT2D eigenvalue weighted by molar-refractivity contribution is -0.870. The fourth-order valence-electron chi connectivity index (χ4n) is 5.87. The van der Waals surface area contributed by atoms with E-state index < -0.39 is 32.5 Å². The van der Waals surface area contributed by atoms with Gasteiger partial charge in [-0.15, -0.1) is 0 Å². The van der Waals surface area contributed by atoms with E-state index in [1.54, 1.807) is 0 Å². The first-order valence-electron chi connectivity index (χ1n) is 23.0. The number of rotatable bonds is 41. The monoisotopic (exact) mass is 836 g/mol. The first-order valence-corrected chi connectivity index (χ1v) is 24.5. The Hall–Kier alpha value is -2.29. The summed E-state index contributed by atoms with van der Waals surface area (Å²) in [6, 6.07) is 0. The molecule has 0 aromatic rings. The van der Waals surface area contributed by atoms with Gasteiger partial charge in [-0.3, -0.25) is 14.2 Å². The zero-order valence-corrected chi connectivity index (χ0v) is 38.6. The average Bonchev–Trinajstić information content (AvgIpc) is 3.17. The van der Waals surface area contributed by atoms with E-state index in [9.17, 15) is 19.0 Å². The minimum atomic E-state index is -4.64. The Kier molecular flexibility index (Phi) is 38.5. The van der Waals surface area contributed by atoms with E-state index in [1.807, 2.05) is 21.1 Å². The van der Waals surface area contributed by atoms with Gasteiger partial charge in [-0.25, -0.2) is 0 Å². The van der Waals surface area contributed by atoms with Gasteiger partial charge >= 0.3 is 11.9 Å². The number of carbonyl (C=O) groups is 2. The molecule has 58 heavy (non-hydrogen) atoms. The summed E-state index contributed by atoms with van der Waals surface area (Å²) in [5.41, 5.74) is 0. The Bertz CT molecular complexity index is 1170. The van der Waals surface area contributed by atoms with E-state index in [-0.39, 0.29) is 26.1 Å². The van der Waals surface area contributed by atoms with E-state index in [1.165, 1.54) is 77.0 Å². The quantitative estimate of drug-likeness (QED) is 0.0197. The molecule has 9 nitrogen and oxygen atoms in total. The van der Waals surface area contributed by atoms with Crippen molar-refractivity contribution in [3.8, 4) is 0 Å². The third-order valence-corrected chi connectivity index (χ3v) is 10.5. The molecule has 0 aliphatic heterocycles. The van der Waals surface area contributed by atoms with Crippen LogP contribution in [-0.2, 0) is 32.7 Å². The van der Waals surface area contributed by atoms with Crippen LogP contribution >= 0.6 is 7.82 Å². The Balaban J connectivity index is 4.40. The first-order chi connectivity index (χ1) is 28.0. The van der Waals surface area contributed by atoms with Gasteiger partial charge in [0, 0.05) is 12.8 Å². The van der Waals surface area contributed by atoms with Crippen LogP contribution in [0.3, 0.4) is 0 Å². The summed E-state index contributed by atoms with van der Waals surface area (Å²) in [5, 5.41) is 0. The van der Waals surface area contributed by atoms with Gasteiger partial charge in [0.15, 0.2) is 6.10 Å². The van der Waals surface area contributed by atoms with E-state index in [0.29, 0.717) is 23.9 Å². The summed E-state index contributed by atoms with van der Waals surface area (Å²) in [6.45, 7) is 4.10. The molecule has 0 aliphatic rings. The highest BCUT2D eigenvalue weighted by Crippen LogP contribution is 2.38. The lowest BCUT2D eigenvalue weighted by Gasteiger charge is -2.28. The molecule has 2 atom stereocenters. The number of carbonyl (C=O) groups excluding carboxylic acids is 2. The van der Waals surface area contributed by atoms with Crippen LogP contribution in [0.15, 0.2) is 60.8 Å². The molecular formula is C48H86NO8P. The first kappa shape index (κ1) is 55.7. The van der Waals surface area contributed by atoms with Crippen LogP contribution in [0, 0.1) is 0 Å². The highest BCUT2D eigenvalue weighted by molar-refractivity contribution is 7.45. The predicted octanol–water partition coefficient (Wildman–Crippen LogP) is 12.6. The number of likely N-dealkylation sites (N-methyl/N-ethyl adjacent to an activating group) is 1. The second-order valence-corrected chi connectivity index (χ2v) is 17.8. The number of quaternary nitrogens is 1. The van der Waals surface area contributed by atoms with Crippen molar-refractivity contribution in [2.45, 2.75) is 187 Å². The van der Waals surface area contributed by atoms with Gasteiger partial charge < -0.3 is 27.9 Å². The second-order valence-electron chi connectivity index (χ2n) is 16.4. The molecule has 0 saturated heterocycles.